The van der Waals surface area contributed by atoms with Gasteiger partial charge in [0.15, 0.2) is 11.5 Å². The summed E-state index contributed by atoms with van der Waals surface area (Å²) < 4.78 is 1.91. The molecule has 0 unspecified atom stereocenters. The lowest BCUT2D eigenvalue weighted by atomic mass is 9.95. The van der Waals surface area contributed by atoms with Gasteiger partial charge < -0.3 is 5.32 Å². The molecule has 1 aliphatic carbocycles. The Morgan fingerprint density at radius 3 is 2.88 bits per heavy atom. The van der Waals surface area contributed by atoms with Crippen molar-refractivity contribution in [1.82, 2.24) is 14.6 Å². The summed E-state index contributed by atoms with van der Waals surface area (Å²) in [6, 6.07) is 11.0. The van der Waals surface area contributed by atoms with Gasteiger partial charge in [0.25, 0.3) is 0 Å². The summed E-state index contributed by atoms with van der Waals surface area (Å²) >= 11 is 0. The summed E-state index contributed by atoms with van der Waals surface area (Å²) in [7, 11) is 0. The van der Waals surface area contributed by atoms with Crippen LogP contribution in [0.25, 0.3) is 16.9 Å². The Balaban J connectivity index is 1.83. The van der Waals surface area contributed by atoms with E-state index in [0.29, 0.717) is 17.3 Å². The predicted octanol–water partition coefficient (Wildman–Crippen LogP) is 4.25. The molecular weight excluding hydrogens is 298 g/mol. The number of nitriles is 1. The molecule has 0 spiro atoms. The number of H-pyrrole nitrogens is 1. The summed E-state index contributed by atoms with van der Waals surface area (Å²) in [6.45, 7) is 2.08. The van der Waals surface area contributed by atoms with E-state index in [1.54, 1.807) is 6.20 Å². The van der Waals surface area contributed by atoms with E-state index in [1.807, 2.05) is 10.6 Å². The van der Waals surface area contributed by atoms with E-state index in [-0.39, 0.29) is 0 Å². The van der Waals surface area contributed by atoms with Gasteiger partial charge in [0, 0.05) is 17.8 Å². The number of aromatic nitrogens is 3. The van der Waals surface area contributed by atoms with E-state index in [2.05, 4.69) is 41.6 Å². The van der Waals surface area contributed by atoms with Gasteiger partial charge in [0.2, 0.25) is 0 Å². The lowest BCUT2D eigenvalue weighted by Crippen LogP contribution is -2.23. The summed E-state index contributed by atoms with van der Waals surface area (Å²) in [5, 5.41) is 16.2. The Kier molecular flexibility index (Phi) is 3.73. The van der Waals surface area contributed by atoms with Crippen LogP contribution in [0.15, 0.2) is 30.5 Å². The van der Waals surface area contributed by atoms with Gasteiger partial charge in [-0.1, -0.05) is 43.0 Å². The second kappa shape index (κ2) is 6.04. The Morgan fingerprint density at radius 2 is 2.12 bits per heavy atom. The minimum absolute atomic E-state index is 0.469. The molecule has 0 saturated heterocycles. The molecule has 0 aliphatic heterocycles. The van der Waals surface area contributed by atoms with Gasteiger partial charge in [-0.25, -0.2) is 9.50 Å². The van der Waals surface area contributed by atoms with E-state index >= 15 is 0 Å². The lowest BCUT2D eigenvalue weighted by Gasteiger charge is -2.23. The van der Waals surface area contributed by atoms with Gasteiger partial charge in [-0.2, -0.15) is 5.26 Å². The molecule has 1 saturated carbocycles. The van der Waals surface area contributed by atoms with Crippen molar-refractivity contribution in [2.75, 3.05) is 5.32 Å². The highest BCUT2D eigenvalue weighted by molar-refractivity contribution is 5.78. The van der Waals surface area contributed by atoms with Crippen molar-refractivity contribution in [3.63, 3.8) is 0 Å². The van der Waals surface area contributed by atoms with Crippen LogP contribution in [0.4, 0.5) is 5.82 Å². The fourth-order valence-electron chi connectivity index (χ4n) is 3.57. The molecule has 0 radical (unpaired) electrons. The quantitative estimate of drug-likeness (QED) is 0.758. The van der Waals surface area contributed by atoms with E-state index in [0.717, 1.165) is 17.1 Å². The molecule has 2 N–H and O–H groups in total. The SMILES string of the molecule is Cc1cccc(-c2nc3c(C#N)c[nH]n3c2NC2CCCCC2)c1. The van der Waals surface area contributed by atoms with Crippen molar-refractivity contribution >= 4 is 11.5 Å². The van der Waals surface area contributed by atoms with E-state index in [9.17, 15) is 5.26 Å². The molecule has 1 aromatic carbocycles. The van der Waals surface area contributed by atoms with Gasteiger partial charge in [0.05, 0.1) is 0 Å². The van der Waals surface area contributed by atoms with Crippen molar-refractivity contribution in [1.29, 1.82) is 5.26 Å². The standard InChI is InChI=1S/C19H21N5/c1-13-6-5-7-14(10-13)17-19(22-16-8-3-2-4-9-16)24-18(23-17)15(11-20)12-21-24/h5-7,10,12,16,21-22H,2-4,8-9H2,1H3. The molecule has 24 heavy (non-hydrogen) atoms. The maximum absolute atomic E-state index is 9.32. The van der Waals surface area contributed by atoms with Crippen LogP contribution in [0.2, 0.25) is 0 Å². The Labute approximate surface area is 141 Å². The molecule has 4 rings (SSSR count). The predicted molar refractivity (Wildman–Crippen MR) is 94.9 cm³/mol. The van der Waals surface area contributed by atoms with Gasteiger partial charge in [-0.3, -0.25) is 5.10 Å². The number of benzene rings is 1. The van der Waals surface area contributed by atoms with Crippen molar-refractivity contribution in [2.24, 2.45) is 0 Å². The molecule has 0 bridgehead atoms. The molecular formula is C19H21N5. The topological polar surface area (TPSA) is 68.9 Å². The monoisotopic (exact) mass is 319 g/mol. The molecule has 1 fully saturated rings. The highest BCUT2D eigenvalue weighted by Crippen LogP contribution is 2.32. The number of fused-ring (bicyclic) bond motifs is 1. The van der Waals surface area contributed by atoms with Crippen molar-refractivity contribution in [2.45, 2.75) is 45.1 Å². The van der Waals surface area contributed by atoms with E-state index in [1.165, 1.54) is 37.7 Å². The number of rotatable bonds is 3. The van der Waals surface area contributed by atoms with Crippen molar-refractivity contribution in [3.8, 4) is 17.3 Å². The molecule has 5 heteroatoms. The number of nitrogens with zero attached hydrogens (tertiary/aromatic N) is 3. The Bertz CT molecular complexity index is 906. The van der Waals surface area contributed by atoms with Crippen molar-refractivity contribution in [3.05, 3.63) is 41.6 Å². The average Bonchev–Trinajstić information content (AvgIpc) is 3.16. The maximum Gasteiger partial charge on any atom is 0.173 e. The highest BCUT2D eigenvalue weighted by Gasteiger charge is 2.21. The van der Waals surface area contributed by atoms with Crippen molar-refractivity contribution < 1.29 is 0 Å². The van der Waals surface area contributed by atoms with Crippen LogP contribution < -0.4 is 5.32 Å². The molecule has 0 amide bonds. The van der Waals surface area contributed by atoms with Crippen LogP contribution in [-0.4, -0.2) is 20.6 Å². The first kappa shape index (κ1) is 14.8. The van der Waals surface area contributed by atoms with Gasteiger partial charge in [-0.05, 0) is 25.8 Å². The zero-order valence-electron chi connectivity index (χ0n) is 13.8. The number of hydrogen-bond donors (Lipinski definition) is 2. The van der Waals surface area contributed by atoms with Crippen LogP contribution in [0.3, 0.4) is 0 Å². The smallest absolute Gasteiger partial charge is 0.173 e. The molecule has 5 nitrogen and oxygen atoms in total. The van der Waals surface area contributed by atoms with Crippen LogP contribution in [0, 0.1) is 18.3 Å². The maximum atomic E-state index is 9.32. The highest BCUT2D eigenvalue weighted by atomic mass is 15.3. The number of aryl methyl sites for hydroxylation is 1. The van der Waals surface area contributed by atoms with Crippen LogP contribution in [0.1, 0.15) is 43.2 Å². The fraction of sp³-hybridized carbons (Fsp3) is 0.368. The second-order valence-electron chi connectivity index (χ2n) is 6.62. The number of aromatic amines is 1. The first-order valence-electron chi connectivity index (χ1n) is 8.60. The number of imidazole rings is 1. The summed E-state index contributed by atoms with van der Waals surface area (Å²) in [4.78, 5) is 4.77. The third-order valence-corrected chi connectivity index (χ3v) is 4.81. The molecule has 1 aliphatic rings. The van der Waals surface area contributed by atoms with Gasteiger partial charge in [0.1, 0.15) is 17.3 Å². The minimum Gasteiger partial charge on any atom is -0.365 e. The van der Waals surface area contributed by atoms with E-state index < -0.39 is 0 Å². The first-order chi connectivity index (χ1) is 11.8. The lowest BCUT2D eigenvalue weighted by molar-refractivity contribution is 0.461. The number of nitrogens with one attached hydrogen (secondary N) is 2. The Morgan fingerprint density at radius 1 is 1.29 bits per heavy atom. The van der Waals surface area contributed by atoms with E-state index in [4.69, 9.17) is 4.98 Å². The van der Waals surface area contributed by atoms with Crippen LogP contribution in [-0.2, 0) is 0 Å². The van der Waals surface area contributed by atoms with Gasteiger partial charge in [-0.15, -0.1) is 0 Å². The summed E-state index contributed by atoms with van der Waals surface area (Å²) in [5.41, 5.74) is 4.45. The third-order valence-electron chi connectivity index (χ3n) is 4.81. The molecule has 0 atom stereocenters. The third kappa shape index (κ3) is 2.54. The van der Waals surface area contributed by atoms with Crippen LogP contribution in [0.5, 0.6) is 0 Å². The number of anilines is 1. The van der Waals surface area contributed by atoms with Gasteiger partial charge >= 0.3 is 0 Å². The zero-order valence-corrected chi connectivity index (χ0v) is 13.8. The number of hydrogen-bond acceptors (Lipinski definition) is 3. The summed E-state index contributed by atoms with van der Waals surface area (Å²) in [5.74, 6) is 0.962. The average molecular weight is 319 g/mol. The fourth-order valence-corrected chi connectivity index (χ4v) is 3.57. The molecule has 3 aromatic rings. The normalized spacial score (nSPS) is 15.5. The largest absolute Gasteiger partial charge is 0.365 e. The van der Waals surface area contributed by atoms with Crippen LogP contribution >= 0.6 is 0 Å². The molecule has 122 valence electrons. The first-order valence-corrected chi connectivity index (χ1v) is 8.60. The molecule has 2 heterocycles. The molecule has 2 aromatic heterocycles. The summed E-state index contributed by atoms with van der Waals surface area (Å²) in [6.07, 6.45) is 7.96. The zero-order chi connectivity index (χ0) is 16.5. The Hall–Kier alpha value is -2.74. The second-order valence-corrected chi connectivity index (χ2v) is 6.62. The minimum atomic E-state index is 0.469.